The van der Waals surface area contributed by atoms with Crippen LogP contribution >= 0.6 is 11.8 Å². The molecule has 148 valence electrons. The van der Waals surface area contributed by atoms with E-state index in [1.807, 2.05) is 37.3 Å². The highest BCUT2D eigenvalue weighted by atomic mass is 32.2. The van der Waals surface area contributed by atoms with Crippen LogP contribution in [-0.4, -0.2) is 60.0 Å². The Bertz CT molecular complexity index is 858. The molecule has 0 spiro atoms. The van der Waals surface area contributed by atoms with Gasteiger partial charge in [0, 0.05) is 4.75 Å². The number of amides is 2. The SMILES string of the molecule is CCNC(C(=O)NC1C(=O)N2C(c3nn[nH]n3)C(C)(C)S[C@H]12)c1ccccc1. The second-order valence-corrected chi connectivity index (χ2v) is 9.19. The maximum absolute atomic E-state index is 12.9. The lowest BCUT2D eigenvalue weighted by Gasteiger charge is -2.44. The minimum Gasteiger partial charge on any atom is -0.340 e. The van der Waals surface area contributed by atoms with Crippen molar-refractivity contribution in [3.05, 3.63) is 41.7 Å². The number of carbonyl (C=O) groups is 2. The molecule has 10 heteroatoms. The summed E-state index contributed by atoms with van der Waals surface area (Å²) in [4.78, 5) is 27.6. The summed E-state index contributed by atoms with van der Waals surface area (Å²) in [5.41, 5.74) is 0.870. The molecule has 1 aromatic heterocycles. The van der Waals surface area contributed by atoms with E-state index in [4.69, 9.17) is 0 Å². The molecule has 0 bridgehead atoms. The number of thioether (sulfide) groups is 1. The fraction of sp³-hybridized carbons (Fsp3) is 0.500. The highest BCUT2D eigenvalue weighted by molar-refractivity contribution is 8.01. The Morgan fingerprint density at radius 2 is 2.11 bits per heavy atom. The van der Waals surface area contributed by atoms with Crippen molar-refractivity contribution >= 4 is 23.6 Å². The molecule has 2 fully saturated rings. The average molecular weight is 401 g/mol. The van der Waals surface area contributed by atoms with Gasteiger partial charge in [-0.15, -0.1) is 22.0 Å². The third kappa shape index (κ3) is 3.06. The predicted octanol–water partition coefficient (Wildman–Crippen LogP) is 0.770. The van der Waals surface area contributed by atoms with Gasteiger partial charge >= 0.3 is 0 Å². The van der Waals surface area contributed by atoms with Crippen molar-refractivity contribution in [3.8, 4) is 0 Å². The Kier molecular flexibility index (Phi) is 4.84. The predicted molar refractivity (Wildman–Crippen MR) is 104 cm³/mol. The quantitative estimate of drug-likeness (QED) is 0.612. The summed E-state index contributed by atoms with van der Waals surface area (Å²) in [6, 6.07) is 8.18. The first-order chi connectivity index (χ1) is 13.4. The number of benzene rings is 1. The van der Waals surface area contributed by atoms with Crippen LogP contribution in [0.1, 0.15) is 44.2 Å². The van der Waals surface area contributed by atoms with Crippen molar-refractivity contribution in [2.24, 2.45) is 0 Å². The van der Waals surface area contributed by atoms with Crippen LogP contribution in [0.2, 0.25) is 0 Å². The van der Waals surface area contributed by atoms with Gasteiger partial charge < -0.3 is 15.5 Å². The normalized spacial score (nSPS) is 26.5. The van der Waals surface area contributed by atoms with E-state index in [0.29, 0.717) is 12.4 Å². The number of carbonyl (C=O) groups excluding carboxylic acids is 2. The Labute approximate surface area is 167 Å². The van der Waals surface area contributed by atoms with E-state index in [1.54, 1.807) is 16.7 Å². The van der Waals surface area contributed by atoms with Crippen LogP contribution in [0.5, 0.6) is 0 Å². The van der Waals surface area contributed by atoms with Crippen LogP contribution < -0.4 is 10.6 Å². The van der Waals surface area contributed by atoms with Crippen molar-refractivity contribution in [2.45, 2.75) is 49.0 Å². The molecule has 3 N–H and O–H groups in total. The summed E-state index contributed by atoms with van der Waals surface area (Å²) in [6.07, 6.45) is 0. The molecule has 3 heterocycles. The number of aromatic amines is 1. The second kappa shape index (κ2) is 7.17. The van der Waals surface area contributed by atoms with Gasteiger partial charge in [-0.05, 0) is 26.0 Å². The Morgan fingerprint density at radius 1 is 1.36 bits per heavy atom. The van der Waals surface area contributed by atoms with Crippen LogP contribution in [-0.2, 0) is 9.59 Å². The van der Waals surface area contributed by atoms with Crippen LogP contribution in [0.3, 0.4) is 0 Å². The topological polar surface area (TPSA) is 116 Å². The third-order valence-electron chi connectivity index (χ3n) is 5.15. The van der Waals surface area contributed by atoms with Gasteiger partial charge in [-0.1, -0.05) is 42.5 Å². The van der Waals surface area contributed by atoms with Crippen molar-refractivity contribution < 1.29 is 9.59 Å². The summed E-state index contributed by atoms with van der Waals surface area (Å²) < 4.78 is -0.288. The smallest absolute Gasteiger partial charge is 0.249 e. The summed E-state index contributed by atoms with van der Waals surface area (Å²) in [7, 11) is 0. The zero-order valence-electron chi connectivity index (χ0n) is 15.9. The van der Waals surface area contributed by atoms with Gasteiger partial charge in [0.2, 0.25) is 11.8 Å². The molecule has 2 amide bonds. The molecule has 0 saturated carbocycles. The van der Waals surface area contributed by atoms with Crippen LogP contribution in [0.15, 0.2) is 30.3 Å². The third-order valence-corrected chi connectivity index (χ3v) is 6.72. The number of hydrogen-bond donors (Lipinski definition) is 3. The molecule has 4 rings (SSSR count). The first-order valence-corrected chi connectivity index (χ1v) is 10.1. The summed E-state index contributed by atoms with van der Waals surface area (Å²) >= 11 is 1.65. The molecule has 3 unspecified atom stereocenters. The number of aromatic nitrogens is 4. The number of likely N-dealkylation sites (N-methyl/N-ethyl adjacent to an activating group) is 1. The van der Waals surface area contributed by atoms with E-state index < -0.39 is 12.1 Å². The Balaban J connectivity index is 1.51. The number of H-pyrrole nitrogens is 1. The standard InChI is InChI=1S/C18H23N7O2S/c1-4-19-11(10-8-6-5-7-9-10)15(26)20-12-16(27)25-13(14-21-23-24-22-14)18(2,3)28-17(12)25/h5-9,11-13,17,19H,4H2,1-3H3,(H,20,26)(H,21,22,23,24)/t11?,12?,13?,17-/m1/s1. The molecule has 9 nitrogen and oxygen atoms in total. The van der Waals surface area contributed by atoms with Gasteiger partial charge in [-0.2, -0.15) is 5.21 Å². The number of nitrogens with zero attached hydrogens (tertiary/aromatic N) is 4. The zero-order chi connectivity index (χ0) is 19.9. The van der Waals surface area contributed by atoms with Crippen LogP contribution in [0.25, 0.3) is 0 Å². The number of β-lactam (4-membered cyclic amide) rings is 1. The fourth-order valence-electron chi connectivity index (χ4n) is 3.90. The van der Waals surface area contributed by atoms with Crippen molar-refractivity contribution in [1.29, 1.82) is 0 Å². The van der Waals surface area contributed by atoms with Gasteiger partial charge in [0.25, 0.3) is 0 Å². The summed E-state index contributed by atoms with van der Waals surface area (Å²) in [5.74, 6) is 0.176. The molecular formula is C18H23N7O2S. The van der Waals surface area contributed by atoms with E-state index in [-0.39, 0.29) is 28.0 Å². The van der Waals surface area contributed by atoms with Crippen molar-refractivity contribution in [3.63, 3.8) is 0 Å². The van der Waals surface area contributed by atoms with E-state index in [9.17, 15) is 9.59 Å². The minimum absolute atomic E-state index is 0.116. The van der Waals surface area contributed by atoms with E-state index in [0.717, 1.165) is 5.56 Å². The first kappa shape index (κ1) is 18.9. The highest BCUT2D eigenvalue weighted by Crippen LogP contribution is 2.56. The average Bonchev–Trinajstić information content (AvgIpc) is 3.29. The van der Waals surface area contributed by atoms with Gasteiger partial charge in [-0.25, -0.2) is 0 Å². The largest absolute Gasteiger partial charge is 0.340 e. The molecule has 0 radical (unpaired) electrons. The lowest BCUT2D eigenvalue weighted by Crippen LogP contribution is -2.68. The molecule has 2 aliphatic heterocycles. The van der Waals surface area contributed by atoms with Crippen molar-refractivity contribution in [2.75, 3.05) is 6.54 Å². The van der Waals surface area contributed by atoms with Gasteiger partial charge in [0.1, 0.15) is 23.5 Å². The summed E-state index contributed by atoms with van der Waals surface area (Å²) in [6.45, 7) is 6.69. The highest BCUT2D eigenvalue weighted by Gasteiger charge is 2.63. The summed E-state index contributed by atoms with van der Waals surface area (Å²) in [5, 5.41) is 20.2. The number of rotatable bonds is 6. The maximum Gasteiger partial charge on any atom is 0.249 e. The van der Waals surface area contributed by atoms with Crippen LogP contribution in [0.4, 0.5) is 0 Å². The molecule has 2 aromatic rings. The Hall–Kier alpha value is -2.46. The second-order valence-electron chi connectivity index (χ2n) is 7.42. The van der Waals surface area contributed by atoms with Gasteiger partial charge in [0.05, 0.1) is 0 Å². The number of tetrazole rings is 1. The van der Waals surface area contributed by atoms with Crippen LogP contribution in [0, 0.1) is 0 Å². The number of nitrogens with one attached hydrogen (secondary N) is 3. The Morgan fingerprint density at radius 3 is 2.75 bits per heavy atom. The molecule has 1 aromatic carbocycles. The molecule has 4 atom stereocenters. The maximum atomic E-state index is 12.9. The van der Waals surface area contributed by atoms with Gasteiger partial charge in [0.15, 0.2) is 5.82 Å². The van der Waals surface area contributed by atoms with Crippen molar-refractivity contribution in [1.82, 2.24) is 36.2 Å². The molecule has 2 saturated heterocycles. The van der Waals surface area contributed by atoms with E-state index in [1.165, 1.54) is 0 Å². The molecule has 0 aliphatic carbocycles. The monoisotopic (exact) mass is 401 g/mol. The molecular weight excluding hydrogens is 378 g/mol. The molecule has 28 heavy (non-hydrogen) atoms. The first-order valence-electron chi connectivity index (χ1n) is 9.26. The van der Waals surface area contributed by atoms with E-state index >= 15 is 0 Å². The molecule has 2 aliphatic rings. The lowest BCUT2D eigenvalue weighted by molar-refractivity contribution is -0.152. The van der Waals surface area contributed by atoms with Gasteiger partial charge in [-0.3, -0.25) is 9.59 Å². The zero-order valence-corrected chi connectivity index (χ0v) is 16.7. The number of hydrogen-bond acceptors (Lipinski definition) is 7. The fourth-order valence-corrected chi connectivity index (χ4v) is 5.53. The lowest BCUT2D eigenvalue weighted by atomic mass is 9.95. The minimum atomic E-state index is -0.557. The number of fused-ring (bicyclic) bond motifs is 1. The van der Waals surface area contributed by atoms with E-state index in [2.05, 4.69) is 45.1 Å².